The summed E-state index contributed by atoms with van der Waals surface area (Å²) in [5.74, 6) is -0.761. The minimum Gasteiger partial charge on any atom is -0.352 e. The molecule has 0 fully saturated rings. The van der Waals surface area contributed by atoms with E-state index < -0.39 is 11.8 Å². The maximum absolute atomic E-state index is 12.2. The Morgan fingerprint density at radius 2 is 2.00 bits per heavy atom. The zero-order valence-electron chi connectivity index (χ0n) is 13.4. The number of imide groups is 1. The molecule has 0 bridgehead atoms. The van der Waals surface area contributed by atoms with Gasteiger partial charge in [-0.3, -0.25) is 19.7 Å². The highest BCUT2D eigenvalue weighted by Gasteiger charge is 2.27. The summed E-state index contributed by atoms with van der Waals surface area (Å²) in [4.78, 5) is 39.8. The molecule has 0 aliphatic carbocycles. The molecule has 1 aromatic heterocycles. The highest BCUT2D eigenvalue weighted by atomic mass is 32.1. The maximum Gasteiger partial charge on any atom is 0.258 e. The number of rotatable bonds is 5. The maximum atomic E-state index is 12.2. The van der Waals surface area contributed by atoms with E-state index in [1.807, 2.05) is 5.38 Å². The van der Waals surface area contributed by atoms with Crippen LogP contribution < -0.4 is 10.6 Å². The lowest BCUT2D eigenvalue weighted by Crippen LogP contribution is -2.26. The third kappa shape index (κ3) is 3.21. The van der Waals surface area contributed by atoms with E-state index in [1.54, 1.807) is 17.4 Å². The molecule has 0 unspecified atom stereocenters. The molecular weight excluding hydrogens is 326 g/mol. The van der Waals surface area contributed by atoms with E-state index in [0.29, 0.717) is 30.0 Å². The first kappa shape index (κ1) is 16.3. The lowest BCUT2D eigenvalue weighted by Gasteiger charge is -2.05. The predicted molar refractivity (Wildman–Crippen MR) is 90.5 cm³/mol. The van der Waals surface area contributed by atoms with E-state index in [0.717, 1.165) is 10.7 Å². The summed E-state index contributed by atoms with van der Waals surface area (Å²) in [6.07, 6.45) is 0.652. The van der Waals surface area contributed by atoms with Gasteiger partial charge in [-0.2, -0.15) is 0 Å². The molecule has 7 heteroatoms. The largest absolute Gasteiger partial charge is 0.352 e. The van der Waals surface area contributed by atoms with Crippen molar-refractivity contribution in [3.8, 4) is 0 Å². The zero-order chi connectivity index (χ0) is 17.3. The summed E-state index contributed by atoms with van der Waals surface area (Å²) in [6, 6.07) is 4.50. The number of carbonyl (C=O) groups is 3. The molecule has 0 saturated heterocycles. The van der Waals surface area contributed by atoms with Crippen LogP contribution in [0.5, 0.6) is 0 Å². The fourth-order valence-electron chi connectivity index (χ4n) is 2.42. The number of nitrogens with zero attached hydrogens (tertiary/aromatic N) is 1. The molecule has 124 valence electrons. The second-order valence-electron chi connectivity index (χ2n) is 5.88. The number of hydrogen-bond acceptors (Lipinski definition) is 5. The molecule has 0 saturated carbocycles. The Bertz CT molecular complexity index is 826. The molecule has 1 aliphatic heterocycles. The Labute approximate surface area is 143 Å². The van der Waals surface area contributed by atoms with Gasteiger partial charge in [-0.25, -0.2) is 4.98 Å². The van der Waals surface area contributed by atoms with Crippen LogP contribution in [0.3, 0.4) is 0 Å². The number of aromatic nitrogens is 1. The molecule has 3 amide bonds. The third-order valence-corrected chi connectivity index (χ3v) is 4.92. The van der Waals surface area contributed by atoms with E-state index in [4.69, 9.17) is 0 Å². The van der Waals surface area contributed by atoms with Crippen molar-refractivity contribution >= 4 is 29.1 Å². The van der Waals surface area contributed by atoms with Crippen LogP contribution in [0.25, 0.3) is 0 Å². The van der Waals surface area contributed by atoms with Crippen LogP contribution in [0.1, 0.15) is 61.5 Å². The second-order valence-corrected chi connectivity index (χ2v) is 6.77. The van der Waals surface area contributed by atoms with Crippen LogP contribution in [0.15, 0.2) is 23.6 Å². The van der Waals surface area contributed by atoms with Crippen molar-refractivity contribution in [2.45, 2.75) is 26.2 Å². The van der Waals surface area contributed by atoms with Crippen molar-refractivity contribution < 1.29 is 14.4 Å². The third-order valence-electron chi connectivity index (χ3n) is 3.73. The molecule has 0 atom stereocenters. The van der Waals surface area contributed by atoms with Gasteiger partial charge in [0.15, 0.2) is 0 Å². The first-order valence-electron chi connectivity index (χ1n) is 7.68. The topological polar surface area (TPSA) is 88.2 Å². The summed E-state index contributed by atoms with van der Waals surface area (Å²) < 4.78 is 0. The molecule has 1 aromatic carbocycles. The Morgan fingerprint density at radius 3 is 2.71 bits per heavy atom. The Morgan fingerprint density at radius 1 is 1.25 bits per heavy atom. The van der Waals surface area contributed by atoms with Gasteiger partial charge >= 0.3 is 0 Å². The van der Waals surface area contributed by atoms with E-state index in [-0.39, 0.29) is 11.5 Å². The van der Waals surface area contributed by atoms with Crippen molar-refractivity contribution in [1.82, 2.24) is 15.6 Å². The van der Waals surface area contributed by atoms with Crippen molar-refractivity contribution in [2.24, 2.45) is 0 Å². The summed E-state index contributed by atoms with van der Waals surface area (Å²) in [6.45, 7) is 4.65. The number of carbonyl (C=O) groups excluding carboxylic acids is 3. The molecule has 0 radical (unpaired) electrons. The van der Waals surface area contributed by atoms with Crippen LogP contribution in [-0.2, 0) is 6.42 Å². The van der Waals surface area contributed by atoms with Gasteiger partial charge in [0.2, 0.25) is 0 Å². The summed E-state index contributed by atoms with van der Waals surface area (Å²) in [7, 11) is 0. The van der Waals surface area contributed by atoms with Crippen LogP contribution in [0, 0.1) is 0 Å². The molecule has 2 N–H and O–H groups in total. The quantitative estimate of drug-likeness (QED) is 0.814. The van der Waals surface area contributed by atoms with E-state index >= 15 is 0 Å². The fraction of sp³-hybridized carbons (Fsp3) is 0.294. The molecule has 3 rings (SSSR count). The summed E-state index contributed by atoms with van der Waals surface area (Å²) in [5, 5.41) is 8.12. The van der Waals surface area contributed by atoms with Crippen LogP contribution in [0.2, 0.25) is 0 Å². The van der Waals surface area contributed by atoms with Gasteiger partial charge in [-0.15, -0.1) is 11.3 Å². The normalized spacial score (nSPS) is 13.1. The minimum atomic E-state index is -0.465. The monoisotopic (exact) mass is 343 g/mol. The summed E-state index contributed by atoms with van der Waals surface area (Å²) >= 11 is 1.63. The molecule has 2 heterocycles. The smallest absolute Gasteiger partial charge is 0.258 e. The lowest BCUT2D eigenvalue weighted by molar-refractivity contribution is 0.0878. The van der Waals surface area contributed by atoms with Crippen LogP contribution in [-0.4, -0.2) is 29.3 Å². The van der Waals surface area contributed by atoms with E-state index in [9.17, 15) is 14.4 Å². The van der Waals surface area contributed by atoms with E-state index in [2.05, 4.69) is 29.5 Å². The van der Waals surface area contributed by atoms with Gasteiger partial charge in [0.05, 0.1) is 21.8 Å². The number of hydrogen-bond donors (Lipinski definition) is 2. The molecular formula is C17H17N3O3S. The molecule has 2 aromatic rings. The standard InChI is InChI=1S/C17H17N3O3S/c1-9(2)17-19-11(8-24-17)5-6-18-14(21)10-3-4-12-13(7-10)16(23)20-15(12)22/h3-4,7-9H,5-6H2,1-2H3,(H,18,21)(H,20,22,23). The fourth-order valence-corrected chi connectivity index (χ4v) is 3.29. The predicted octanol–water partition coefficient (Wildman–Crippen LogP) is 2.12. The number of amides is 3. The van der Waals surface area contributed by atoms with Gasteiger partial charge in [0.1, 0.15) is 0 Å². The zero-order valence-corrected chi connectivity index (χ0v) is 14.2. The van der Waals surface area contributed by atoms with Gasteiger partial charge in [0.25, 0.3) is 17.7 Å². The van der Waals surface area contributed by atoms with Gasteiger partial charge in [0, 0.05) is 29.8 Å². The highest BCUT2D eigenvalue weighted by Crippen LogP contribution is 2.19. The first-order valence-corrected chi connectivity index (χ1v) is 8.56. The molecule has 1 aliphatic rings. The van der Waals surface area contributed by atoms with Crippen molar-refractivity contribution in [1.29, 1.82) is 0 Å². The lowest BCUT2D eigenvalue weighted by atomic mass is 10.1. The average Bonchev–Trinajstić information content (AvgIpc) is 3.13. The van der Waals surface area contributed by atoms with Gasteiger partial charge in [-0.1, -0.05) is 13.8 Å². The van der Waals surface area contributed by atoms with E-state index in [1.165, 1.54) is 12.1 Å². The SMILES string of the molecule is CC(C)c1nc(CCNC(=O)c2ccc3c(c2)C(=O)NC3=O)cs1. The minimum absolute atomic E-state index is 0.244. The molecule has 6 nitrogen and oxygen atoms in total. The van der Waals surface area contributed by atoms with Crippen molar-refractivity contribution in [3.05, 3.63) is 51.0 Å². The van der Waals surface area contributed by atoms with Gasteiger partial charge in [-0.05, 0) is 18.2 Å². The van der Waals surface area contributed by atoms with Crippen LogP contribution in [0.4, 0.5) is 0 Å². The van der Waals surface area contributed by atoms with Crippen molar-refractivity contribution in [2.75, 3.05) is 6.54 Å². The average molecular weight is 343 g/mol. The Hall–Kier alpha value is -2.54. The summed E-state index contributed by atoms with van der Waals surface area (Å²) in [5.41, 5.74) is 1.87. The highest BCUT2D eigenvalue weighted by molar-refractivity contribution is 7.09. The second kappa shape index (κ2) is 6.52. The van der Waals surface area contributed by atoms with Crippen molar-refractivity contribution in [3.63, 3.8) is 0 Å². The van der Waals surface area contributed by atoms with Crippen LogP contribution >= 0.6 is 11.3 Å². The Balaban J connectivity index is 1.60. The number of thiazole rings is 1. The first-order chi connectivity index (χ1) is 11.5. The van der Waals surface area contributed by atoms with Gasteiger partial charge < -0.3 is 5.32 Å². The Kier molecular flexibility index (Phi) is 4.44. The molecule has 24 heavy (non-hydrogen) atoms. The number of benzene rings is 1. The number of fused-ring (bicyclic) bond motifs is 1. The number of nitrogens with one attached hydrogen (secondary N) is 2. The molecule has 0 spiro atoms.